The number of hydrogen-bond donors (Lipinski definition) is 2. The van der Waals surface area contributed by atoms with Gasteiger partial charge in [-0.05, 0) is 36.6 Å². The van der Waals surface area contributed by atoms with Crippen molar-refractivity contribution < 1.29 is 24.5 Å². The largest absolute Gasteiger partial charge is 0.547 e. The minimum atomic E-state index is -1.75. The summed E-state index contributed by atoms with van der Waals surface area (Å²) in [7, 11) is 0. The number of aliphatic hydroxyl groups is 2. The maximum Gasteiger partial charge on any atom is 0.123 e. The van der Waals surface area contributed by atoms with Gasteiger partial charge in [-0.3, -0.25) is 4.98 Å². The summed E-state index contributed by atoms with van der Waals surface area (Å²) >= 11 is 0. The quantitative estimate of drug-likeness (QED) is 0.629. The van der Waals surface area contributed by atoms with E-state index in [4.69, 9.17) is 4.98 Å². The van der Waals surface area contributed by atoms with Crippen LogP contribution >= 0.6 is 0 Å². The number of aliphatic carboxylic acids is 1. The van der Waals surface area contributed by atoms with Gasteiger partial charge in [0.05, 0.1) is 29.4 Å². The summed E-state index contributed by atoms with van der Waals surface area (Å²) in [6, 6.07) is 13.9. The van der Waals surface area contributed by atoms with Gasteiger partial charge in [-0.1, -0.05) is 42.5 Å². The molecule has 0 unspecified atom stereocenters. The number of aliphatic hydroxyl groups excluding tert-OH is 2. The van der Waals surface area contributed by atoms with Crippen LogP contribution in [0, 0.1) is 5.82 Å². The fraction of sp³-hybridized carbons (Fsp3) is 0.250. The Kier molecular flexibility index (Phi) is 5.61. The molecule has 2 aromatic carbocycles. The number of benzene rings is 2. The van der Waals surface area contributed by atoms with Gasteiger partial charge in [0.2, 0.25) is 0 Å². The highest BCUT2D eigenvalue weighted by Gasteiger charge is 2.29. The van der Waals surface area contributed by atoms with Crippen molar-refractivity contribution in [2.75, 3.05) is 0 Å². The molecule has 0 spiro atoms. The van der Waals surface area contributed by atoms with E-state index in [-0.39, 0.29) is 12.2 Å². The van der Waals surface area contributed by atoms with Crippen molar-refractivity contribution >= 4 is 22.9 Å². The van der Waals surface area contributed by atoms with Gasteiger partial charge in [0, 0.05) is 28.9 Å². The summed E-state index contributed by atoms with van der Waals surface area (Å²) < 4.78 is 13.5. The molecule has 30 heavy (non-hydrogen) atoms. The molecule has 4 rings (SSSR count). The van der Waals surface area contributed by atoms with Gasteiger partial charge >= 0.3 is 0 Å². The molecule has 6 heteroatoms. The Bertz CT molecular complexity index is 1110. The first kappa shape index (κ1) is 20.2. The van der Waals surface area contributed by atoms with Crippen molar-refractivity contribution in [3.63, 3.8) is 0 Å². The maximum absolute atomic E-state index is 13.5. The fourth-order valence-electron chi connectivity index (χ4n) is 3.62. The molecule has 1 saturated carbocycles. The van der Waals surface area contributed by atoms with Gasteiger partial charge in [0.15, 0.2) is 0 Å². The first-order chi connectivity index (χ1) is 14.4. The molecule has 0 radical (unpaired) electrons. The minimum Gasteiger partial charge on any atom is -0.547 e. The third-order valence-corrected chi connectivity index (χ3v) is 5.28. The van der Waals surface area contributed by atoms with Crippen LogP contribution < -0.4 is 5.11 Å². The average molecular weight is 406 g/mol. The second-order valence-electron chi connectivity index (χ2n) is 7.58. The molecule has 2 atom stereocenters. The number of carboxylic acids is 1. The summed E-state index contributed by atoms with van der Waals surface area (Å²) in [5.74, 6) is -1.65. The lowest BCUT2D eigenvalue weighted by Gasteiger charge is -2.17. The smallest absolute Gasteiger partial charge is 0.123 e. The Labute approximate surface area is 173 Å². The molecular formula is C24H21FNO4-. The van der Waals surface area contributed by atoms with Gasteiger partial charge < -0.3 is 20.1 Å². The van der Waals surface area contributed by atoms with E-state index in [9.17, 15) is 24.5 Å². The normalized spacial score (nSPS) is 16.1. The van der Waals surface area contributed by atoms with E-state index in [0.29, 0.717) is 5.92 Å². The van der Waals surface area contributed by atoms with E-state index in [1.54, 1.807) is 18.2 Å². The van der Waals surface area contributed by atoms with E-state index in [1.807, 2.05) is 24.3 Å². The number of carbonyl (C=O) groups excluding carboxylic acids is 1. The lowest BCUT2D eigenvalue weighted by Crippen LogP contribution is -2.37. The molecule has 2 N–H and O–H groups in total. The summed E-state index contributed by atoms with van der Waals surface area (Å²) in [6.07, 6.45) is 1.92. The summed E-state index contributed by atoms with van der Waals surface area (Å²) in [4.78, 5) is 15.6. The van der Waals surface area contributed by atoms with Crippen molar-refractivity contribution in [2.24, 2.45) is 0 Å². The number of halogens is 1. The number of hydrogen-bond acceptors (Lipinski definition) is 5. The highest BCUT2D eigenvalue weighted by molar-refractivity contribution is 5.99. The van der Waals surface area contributed by atoms with Crippen molar-refractivity contribution in [3.05, 3.63) is 71.7 Å². The molecule has 0 aliphatic heterocycles. The molecule has 1 fully saturated rings. The van der Waals surface area contributed by atoms with E-state index in [2.05, 4.69) is 0 Å². The van der Waals surface area contributed by atoms with Crippen LogP contribution in [0.25, 0.3) is 28.1 Å². The predicted molar refractivity (Wildman–Crippen MR) is 110 cm³/mol. The molecule has 0 saturated heterocycles. The zero-order valence-corrected chi connectivity index (χ0v) is 16.2. The van der Waals surface area contributed by atoms with Crippen molar-refractivity contribution in [1.29, 1.82) is 0 Å². The number of rotatable bonds is 7. The van der Waals surface area contributed by atoms with Crippen LogP contribution in [0.3, 0.4) is 0 Å². The topological polar surface area (TPSA) is 93.5 Å². The highest BCUT2D eigenvalue weighted by Crippen LogP contribution is 2.45. The Morgan fingerprint density at radius 1 is 1.17 bits per heavy atom. The molecule has 3 aromatic rings. The van der Waals surface area contributed by atoms with Crippen LogP contribution in [0.4, 0.5) is 4.39 Å². The van der Waals surface area contributed by atoms with Gasteiger partial charge in [-0.25, -0.2) is 4.39 Å². The van der Waals surface area contributed by atoms with Crippen LogP contribution in [0.5, 0.6) is 0 Å². The predicted octanol–water partition coefficient (Wildman–Crippen LogP) is 2.79. The van der Waals surface area contributed by atoms with E-state index in [0.717, 1.165) is 46.1 Å². The second-order valence-corrected chi connectivity index (χ2v) is 7.58. The van der Waals surface area contributed by atoms with Gasteiger partial charge in [0.1, 0.15) is 5.82 Å². The fourth-order valence-corrected chi connectivity index (χ4v) is 3.62. The number of carbonyl (C=O) groups is 1. The van der Waals surface area contributed by atoms with Crippen LogP contribution in [-0.2, 0) is 4.79 Å². The lowest BCUT2D eigenvalue weighted by molar-refractivity contribution is -0.315. The number of fused-ring (bicyclic) bond motifs is 1. The molecule has 0 amide bonds. The third-order valence-electron chi connectivity index (χ3n) is 5.28. The average Bonchev–Trinajstić information content (AvgIpc) is 3.57. The van der Waals surface area contributed by atoms with Crippen LogP contribution in [0.15, 0.2) is 54.6 Å². The Hall–Kier alpha value is -3.09. The van der Waals surface area contributed by atoms with Crippen LogP contribution in [0.1, 0.15) is 36.4 Å². The Morgan fingerprint density at radius 3 is 2.53 bits per heavy atom. The first-order valence-electron chi connectivity index (χ1n) is 9.88. The summed E-state index contributed by atoms with van der Waals surface area (Å²) in [6.45, 7) is 0. The number of para-hydroxylation sites is 1. The SMILES string of the molecule is O=C([O-])[C@H](O)C[C@H](O)/C=C/c1c(C2CC2)nc2ccccc2c1-c1ccc(F)cc1. The van der Waals surface area contributed by atoms with Crippen molar-refractivity contribution in [1.82, 2.24) is 4.98 Å². The second kappa shape index (κ2) is 8.34. The van der Waals surface area contributed by atoms with Crippen LogP contribution in [0.2, 0.25) is 0 Å². The van der Waals surface area contributed by atoms with Gasteiger partial charge in [-0.2, -0.15) is 0 Å². The molecule has 1 aromatic heterocycles. The zero-order valence-electron chi connectivity index (χ0n) is 16.2. The lowest BCUT2D eigenvalue weighted by atomic mass is 9.92. The minimum absolute atomic E-state index is 0.305. The number of aromatic nitrogens is 1. The first-order valence-corrected chi connectivity index (χ1v) is 9.88. The van der Waals surface area contributed by atoms with Gasteiger partial charge in [-0.15, -0.1) is 0 Å². The summed E-state index contributed by atoms with van der Waals surface area (Å²) in [5, 5.41) is 31.3. The van der Waals surface area contributed by atoms with E-state index >= 15 is 0 Å². The third kappa shape index (κ3) is 4.25. The van der Waals surface area contributed by atoms with Crippen molar-refractivity contribution in [2.45, 2.75) is 37.4 Å². The van der Waals surface area contributed by atoms with Crippen LogP contribution in [-0.4, -0.2) is 33.4 Å². The van der Waals surface area contributed by atoms with Crippen molar-refractivity contribution in [3.8, 4) is 11.1 Å². The molecular weight excluding hydrogens is 385 g/mol. The molecule has 1 aliphatic carbocycles. The van der Waals surface area contributed by atoms with E-state index < -0.39 is 18.2 Å². The number of nitrogens with zero attached hydrogens (tertiary/aromatic N) is 1. The number of carboxylic acid groups (broad SMARTS) is 1. The van der Waals surface area contributed by atoms with Gasteiger partial charge in [0.25, 0.3) is 0 Å². The molecule has 1 heterocycles. The monoisotopic (exact) mass is 406 g/mol. The standard InChI is InChI=1S/C24H22FNO4/c25-16-9-7-14(8-10-16)22-18-3-1-2-4-20(18)26-23(15-5-6-15)19(22)12-11-17(27)13-21(28)24(29)30/h1-4,7-12,15,17,21,27-28H,5-6,13H2,(H,29,30)/p-1/b12-11+/t17-,21-/m1/s1. The molecule has 0 bridgehead atoms. The maximum atomic E-state index is 13.5. The molecule has 1 aliphatic rings. The number of pyridine rings is 1. The Morgan fingerprint density at radius 2 is 1.87 bits per heavy atom. The highest BCUT2D eigenvalue weighted by atomic mass is 19.1. The Balaban J connectivity index is 1.85. The molecule has 154 valence electrons. The zero-order chi connectivity index (χ0) is 21.3. The van der Waals surface area contributed by atoms with E-state index in [1.165, 1.54) is 18.2 Å². The summed E-state index contributed by atoms with van der Waals surface area (Å²) in [5.41, 5.74) is 4.25. The molecule has 5 nitrogen and oxygen atoms in total.